The molecular formula is C10H16BrN3OS. The molecule has 90 valence electrons. The molecule has 6 heteroatoms. The molecule has 0 radical (unpaired) electrons. The first-order valence-corrected chi connectivity index (χ1v) is 6.92. The zero-order valence-electron chi connectivity index (χ0n) is 9.82. The molecule has 1 unspecified atom stereocenters. The number of halogens is 1. The normalized spacial score (nSPS) is 15.9. The maximum atomic E-state index is 11.9. The first-order chi connectivity index (χ1) is 7.30. The minimum atomic E-state index is -1.10. The largest absolute Gasteiger partial charge is 0.598 e. The van der Waals surface area contributed by atoms with E-state index in [2.05, 4.69) is 30.8 Å². The Hall–Kier alpha value is -0.170. The van der Waals surface area contributed by atoms with Crippen molar-refractivity contribution in [3.63, 3.8) is 0 Å². The molecule has 1 aromatic heterocycles. The second-order valence-electron chi connectivity index (χ2n) is 4.50. The fraction of sp³-hybridized carbons (Fsp3) is 0.600. The van der Waals surface area contributed by atoms with E-state index in [-0.39, 0.29) is 10.8 Å². The Labute approximate surface area is 108 Å². The van der Waals surface area contributed by atoms with E-state index in [1.54, 1.807) is 0 Å². The van der Waals surface area contributed by atoms with E-state index < -0.39 is 11.4 Å². The zero-order valence-corrected chi connectivity index (χ0v) is 12.2. The quantitative estimate of drug-likeness (QED) is 0.871. The van der Waals surface area contributed by atoms with Crippen LogP contribution in [0.4, 0.5) is 0 Å². The Morgan fingerprint density at radius 1 is 1.38 bits per heavy atom. The van der Waals surface area contributed by atoms with Crippen LogP contribution in [0.15, 0.2) is 16.7 Å². The molecule has 1 N–H and O–H groups in total. The molecular weight excluding hydrogens is 290 g/mol. The summed E-state index contributed by atoms with van der Waals surface area (Å²) in [5.41, 5.74) is 0.779. The van der Waals surface area contributed by atoms with E-state index in [0.717, 1.165) is 5.69 Å². The van der Waals surface area contributed by atoms with Crippen LogP contribution in [-0.4, -0.2) is 19.5 Å². The molecule has 0 spiro atoms. The fourth-order valence-electron chi connectivity index (χ4n) is 0.955. The van der Waals surface area contributed by atoms with Crippen LogP contribution >= 0.6 is 15.9 Å². The molecule has 0 aliphatic heterocycles. The Morgan fingerprint density at radius 3 is 2.44 bits per heavy atom. The predicted octanol–water partition coefficient (Wildman–Crippen LogP) is 2.35. The van der Waals surface area contributed by atoms with Crippen molar-refractivity contribution in [3.05, 3.63) is 22.4 Å². The van der Waals surface area contributed by atoms with Crippen LogP contribution < -0.4 is 4.72 Å². The Kier molecular flexibility index (Phi) is 4.73. The summed E-state index contributed by atoms with van der Waals surface area (Å²) in [6, 6.07) is 3.59. The molecule has 0 fully saturated rings. The summed E-state index contributed by atoms with van der Waals surface area (Å²) in [5.74, 6) is 0. The molecule has 0 aliphatic rings. The lowest BCUT2D eigenvalue weighted by molar-refractivity contribution is 0.528. The zero-order chi connectivity index (χ0) is 12.3. The van der Waals surface area contributed by atoms with Crippen LogP contribution in [0.1, 0.15) is 39.4 Å². The lowest BCUT2D eigenvalue weighted by Crippen LogP contribution is -2.40. The van der Waals surface area contributed by atoms with Gasteiger partial charge in [0.2, 0.25) is 0 Å². The third kappa shape index (κ3) is 4.01. The van der Waals surface area contributed by atoms with E-state index in [9.17, 15) is 4.55 Å². The number of rotatable bonds is 3. The fourth-order valence-corrected chi connectivity index (χ4v) is 1.96. The second kappa shape index (κ2) is 5.44. The molecule has 16 heavy (non-hydrogen) atoms. The standard InChI is InChI=1S/C10H16BrN3OS/c1-7(14-16(15)10(2,3)4)8-5-6-9(11)13-12-8/h5-7,14H,1-4H3/t7-,16?/m0/s1. The van der Waals surface area contributed by atoms with Crippen LogP contribution in [-0.2, 0) is 11.4 Å². The van der Waals surface area contributed by atoms with Gasteiger partial charge < -0.3 is 4.55 Å². The van der Waals surface area contributed by atoms with Gasteiger partial charge in [0.15, 0.2) is 0 Å². The summed E-state index contributed by atoms with van der Waals surface area (Å²) >= 11 is 2.12. The van der Waals surface area contributed by atoms with Crippen molar-refractivity contribution >= 4 is 27.3 Å². The molecule has 0 bridgehead atoms. The highest BCUT2D eigenvalue weighted by molar-refractivity contribution is 9.10. The van der Waals surface area contributed by atoms with Crippen LogP contribution in [0.25, 0.3) is 0 Å². The highest BCUT2D eigenvalue weighted by atomic mass is 79.9. The van der Waals surface area contributed by atoms with E-state index in [1.807, 2.05) is 39.8 Å². The summed E-state index contributed by atoms with van der Waals surface area (Å²) in [6.45, 7) is 7.70. The Morgan fingerprint density at radius 2 is 2.00 bits per heavy atom. The molecule has 1 aromatic rings. The summed E-state index contributed by atoms with van der Waals surface area (Å²) in [5, 5.41) is 7.92. The number of hydrogen-bond acceptors (Lipinski definition) is 4. The summed E-state index contributed by atoms with van der Waals surface area (Å²) in [7, 11) is 0. The van der Waals surface area contributed by atoms with Gasteiger partial charge >= 0.3 is 0 Å². The second-order valence-corrected chi connectivity index (χ2v) is 7.31. The molecule has 2 atom stereocenters. The van der Waals surface area contributed by atoms with Crippen molar-refractivity contribution in [1.82, 2.24) is 14.9 Å². The minimum absolute atomic E-state index is 0.0827. The number of nitrogens with one attached hydrogen (secondary N) is 1. The van der Waals surface area contributed by atoms with E-state index in [0.29, 0.717) is 4.60 Å². The van der Waals surface area contributed by atoms with Crippen molar-refractivity contribution < 1.29 is 4.55 Å². The Bertz CT molecular complexity index is 339. The SMILES string of the molecule is C[C@H](N[S+]([O-])C(C)(C)C)c1ccc(Br)nn1. The first-order valence-electron chi connectivity index (χ1n) is 4.98. The third-order valence-electron chi connectivity index (χ3n) is 1.94. The van der Waals surface area contributed by atoms with Crippen LogP contribution in [0, 0.1) is 0 Å². The lowest BCUT2D eigenvalue weighted by atomic mass is 10.2. The highest BCUT2D eigenvalue weighted by Crippen LogP contribution is 2.18. The van der Waals surface area contributed by atoms with E-state index in [1.165, 1.54) is 0 Å². The predicted molar refractivity (Wildman–Crippen MR) is 69.2 cm³/mol. The van der Waals surface area contributed by atoms with Gasteiger partial charge in [-0.1, -0.05) is 0 Å². The van der Waals surface area contributed by atoms with Gasteiger partial charge in [-0.3, -0.25) is 0 Å². The number of hydrogen-bond donors (Lipinski definition) is 1. The molecule has 4 nitrogen and oxygen atoms in total. The summed E-state index contributed by atoms with van der Waals surface area (Å²) in [4.78, 5) is 0. The first kappa shape index (κ1) is 13.9. The summed E-state index contributed by atoms with van der Waals surface area (Å²) in [6.07, 6.45) is 0. The van der Waals surface area contributed by atoms with Gasteiger partial charge in [0, 0.05) is 11.4 Å². The van der Waals surface area contributed by atoms with Gasteiger partial charge in [-0.2, -0.15) is 5.10 Å². The number of nitrogens with zero attached hydrogens (tertiary/aromatic N) is 2. The van der Waals surface area contributed by atoms with Gasteiger partial charge in [-0.25, -0.2) is 0 Å². The molecule has 0 aliphatic carbocycles. The average Bonchev–Trinajstić information content (AvgIpc) is 2.17. The van der Waals surface area contributed by atoms with Gasteiger partial charge in [-0.15, -0.1) is 9.82 Å². The van der Waals surface area contributed by atoms with Crippen molar-refractivity contribution in [2.75, 3.05) is 0 Å². The van der Waals surface area contributed by atoms with Crippen LogP contribution in [0.2, 0.25) is 0 Å². The average molecular weight is 306 g/mol. The molecule has 0 saturated carbocycles. The topological polar surface area (TPSA) is 60.9 Å². The third-order valence-corrected chi connectivity index (χ3v) is 4.04. The van der Waals surface area contributed by atoms with E-state index >= 15 is 0 Å². The van der Waals surface area contributed by atoms with Crippen molar-refractivity contribution in [1.29, 1.82) is 0 Å². The number of aromatic nitrogens is 2. The van der Waals surface area contributed by atoms with E-state index in [4.69, 9.17) is 0 Å². The van der Waals surface area contributed by atoms with Crippen molar-refractivity contribution in [2.45, 2.75) is 38.5 Å². The molecule has 0 aromatic carbocycles. The molecule has 0 saturated heterocycles. The molecule has 0 amide bonds. The maximum Gasteiger partial charge on any atom is 0.136 e. The highest BCUT2D eigenvalue weighted by Gasteiger charge is 2.28. The van der Waals surface area contributed by atoms with Crippen molar-refractivity contribution in [2.24, 2.45) is 0 Å². The smallest absolute Gasteiger partial charge is 0.136 e. The lowest BCUT2D eigenvalue weighted by Gasteiger charge is -2.26. The summed E-state index contributed by atoms with van der Waals surface area (Å²) < 4.78 is 15.3. The maximum absolute atomic E-state index is 11.9. The van der Waals surface area contributed by atoms with Crippen LogP contribution in [0.3, 0.4) is 0 Å². The van der Waals surface area contributed by atoms with Gasteiger partial charge in [-0.05, 0) is 55.8 Å². The minimum Gasteiger partial charge on any atom is -0.598 e. The van der Waals surface area contributed by atoms with Gasteiger partial charge in [0.25, 0.3) is 0 Å². The molecule has 1 rings (SSSR count). The van der Waals surface area contributed by atoms with Crippen molar-refractivity contribution in [3.8, 4) is 0 Å². The van der Waals surface area contributed by atoms with Gasteiger partial charge in [0.1, 0.15) is 9.35 Å². The monoisotopic (exact) mass is 305 g/mol. The van der Waals surface area contributed by atoms with Gasteiger partial charge in [0.05, 0.1) is 11.7 Å². The molecule has 1 heterocycles. The Balaban J connectivity index is 2.65. The van der Waals surface area contributed by atoms with Crippen LogP contribution in [0.5, 0.6) is 0 Å².